The van der Waals surface area contributed by atoms with E-state index in [1.807, 2.05) is 49.4 Å². The summed E-state index contributed by atoms with van der Waals surface area (Å²) in [5.41, 5.74) is 2.95. The quantitative estimate of drug-likeness (QED) is 0.294. The highest BCUT2D eigenvalue weighted by Gasteiger charge is 2.18. The molecule has 1 amide bonds. The molecule has 152 valence electrons. The van der Waals surface area contributed by atoms with Crippen LogP contribution in [0, 0.1) is 6.92 Å². The van der Waals surface area contributed by atoms with Crippen LogP contribution in [0.1, 0.15) is 11.8 Å². The largest absolute Gasteiger partial charge is 0.492 e. The molecule has 7 heteroatoms. The predicted molar refractivity (Wildman–Crippen MR) is 125 cm³/mol. The van der Waals surface area contributed by atoms with E-state index in [1.54, 1.807) is 17.7 Å². The first kappa shape index (κ1) is 20.4. The third-order valence-corrected chi connectivity index (χ3v) is 6.50. The van der Waals surface area contributed by atoms with Gasteiger partial charge in [0.2, 0.25) is 5.91 Å². The zero-order valence-corrected chi connectivity index (χ0v) is 18.3. The van der Waals surface area contributed by atoms with E-state index in [4.69, 9.17) is 4.74 Å². The number of fused-ring (bicyclic) bond motifs is 1. The van der Waals surface area contributed by atoms with Crippen LogP contribution in [0.2, 0.25) is 0 Å². The van der Waals surface area contributed by atoms with Crippen molar-refractivity contribution in [3.8, 4) is 16.9 Å². The SMILES string of the molecule is CCOc1ccccc1NC(=O)CSc1ncnc2sc(C)c(-c3ccccc3)c12. The van der Waals surface area contributed by atoms with Gasteiger partial charge in [0.05, 0.1) is 23.4 Å². The number of nitrogens with zero attached hydrogens (tertiary/aromatic N) is 2. The summed E-state index contributed by atoms with van der Waals surface area (Å²) in [6.07, 6.45) is 1.57. The lowest BCUT2D eigenvalue weighted by molar-refractivity contribution is -0.113. The Kier molecular flexibility index (Phi) is 6.30. The smallest absolute Gasteiger partial charge is 0.234 e. The molecule has 4 rings (SSSR count). The van der Waals surface area contributed by atoms with E-state index in [0.717, 1.165) is 26.4 Å². The molecule has 5 nitrogen and oxygen atoms in total. The highest BCUT2D eigenvalue weighted by atomic mass is 32.2. The monoisotopic (exact) mass is 435 g/mol. The summed E-state index contributed by atoms with van der Waals surface area (Å²) in [5, 5.41) is 4.77. The summed E-state index contributed by atoms with van der Waals surface area (Å²) in [6, 6.07) is 17.7. The number of carbonyl (C=O) groups excluding carboxylic acids is 1. The first-order chi connectivity index (χ1) is 14.7. The van der Waals surface area contributed by atoms with Crippen LogP contribution in [0.25, 0.3) is 21.3 Å². The van der Waals surface area contributed by atoms with Crippen molar-refractivity contribution in [3.63, 3.8) is 0 Å². The second-order valence-corrected chi connectivity index (χ2v) is 8.69. The molecule has 2 aromatic heterocycles. The standard InChI is InChI=1S/C23H21N3O2S2/c1-3-28-18-12-8-7-11-17(18)26-19(27)13-29-22-21-20(16-9-5-4-6-10-16)15(2)30-23(21)25-14-24-22/h4-12,14H,3,13H2,1-2H3,(H,26,27). The van der Waals surface area contributed by atoms with Gasteiger partial charge < -0.3 is 10.1 Å². The van der Waals surface area contributed by atoms with E-state index in [1.165, 1.54) is 16.6 Å². The van der Waals surface area contributed by atoms with Gasteiger partial charge in [-0.1, -0.05) is 54.2 Å². The molecule has 30 heavy (non-hydrogen) atoms. The molecule has 0 bridgehead atoms. The molecule has 0 unspecified atom stereocenters. The number of hydrogen-bond donors (Lipinski definition) is 1. The van der Waals surface area contributed by atoms with Gasteiger partial charge >= 0.3 is 0 Å². The molecular weight excluding hydrogens is 414 g/mol. The Morgan fingerprint density at radius 1 is 1.10 bits per heavy atom. The maximum absolute atomic E-state index is 12.6. The summed E-state index contributed by atoms with van der Waals surface area (Å²) in [4.78, 5) is 23.7. The number of aryl methyl sites for hydroxylation is 1. The zero-order valence-electron chi connectivity index (χ0n) is 16.7. The van der Waals surface area contributed by atoms with Crippen LogP contribution in [-0.4, -0.2) is 28.2 Å². The van der Waals surface area contributed by atoms with Crippen LogP contribution in [0.5, 0.6) is 5.75 Å². The minimum atomic E-state index is -0.105. The summed E-state index contributed by atoms with van der Waals surface area (Å²) in [7, 11) is 0. The fourth-order valence-corrected chi connectivity index (χ4v) is 5.13. The summed E-state index contributed by atoms with van der Waals surface area (Å²) >= 11 is 3.07. The Hall–Kier alpha value is -2.90. The Balaban J connectivity index is 1.57. The molecule has 2 aromatic carbocycles. The molecule has 2 heterocycles. The Bertz CT molecular complexity index is 1180. The lowest BCUT2D eigenvalue weighted by Crippen LogP contribution is -2.15. The first-order valence-electron chi connectivity index (χ1n) is 9.61. The molecule has 0 saturated heterocycles. The number of benzene rings is 2. The van der Waals surface area contributed by atoms with Gasteiger partial charge in [-0.15, -0.1) is 11.3 Å². The molecule has 0 spiro atoms. The molecule has 0 fully saturated rings. The van der Waals surface area contributed by atoms with E-state index < -0.39 is 0 Å². The number of nitrogens with one attached hydrogen (secondary N) is 1. The van der Waals surface area contributed by atoms with Crippen LogP contribution in [0.4, 0.5) is 5.69 Å². The van der Waals surface area contributed by atoms with Crippen LogP contribution < -0.4 is 10.1 Å². The highest BCUT2D eigenvalue weighted by molar-refractivity contribution is 8.00. The van der Waals surface area contributed by atoms with Crippen LogP contribution in [0.15, 0.2) is 66.0 Å². The number of amides is 1. The van der Waals surface area contributed by atoms with Gasteiger partial charge in [-0.25, -0.2) is 9.97 Å². The molecule has 1 N–H and O–H groups in total. The number of ether oxygens (including phenoxy) is 1. The Morgan fingerprint density at radius 2 is 1.87 bits per heavy atom. The summed E-state index contributed by atoms with van der Waals surface area (Å²) in [5.74, 6) is 0.810. The fraction of sp³-hybridized carbons (Fsp3) is 0.174. The normalized spacial score (nSPS) is 10.9. The number of hydrogen-bond acceptors (Lipinski definition) is 6. The topological polar surface area (TPSA) is 64.1 Å². The summed E-state index contributed by atoms with van der Waals surface area (Å²) < 4.78 is 5.59. The molecule has 4 aromatic rings. The minimum Gasteiger partial charge on any atom is -0.492 e. The van der Waals surface area contributed by atoms with E-state index in [9.17, 15) is 4.79 Å². The maximum Gasteiger partial charge on any atom is 0.234 e. The average Bonchev–Trinajstić information content (AvgIpc) is 3.11. The van der Waals surface area contributed by atoms with Crippen molar-refractivity contribution in [2.45, 2.75) is 18.9 Å². The average molecular weight is 436 g/mol. The van der Waals surface area contributed by atoms with E-state index in [2.05, 4.69) is 34.3 Å². The van der Waals surface area contributed by atoms with Gasteiger partial charge in [0, 0.05) is 10.4 Å². The molecule has 0 radical (unpaired) electrons. The molecular formula is C23H21N3O2S2. The van der Waals surface area contributed by atoms with Crippen molar-refractivity contribution in [3.05, 3.63) is 65.8 Å². The number of carbonyl (C=O) groups is 1. The van der Waals surface area contributed by atoms with Gasteiger partial charge in [0.15, 0.2) is 0 Å². The number of anilines is 1. The van der Waals surface area contributed by atoms with Crippen molar-refractivity contribution in [2.75, 3.05) is 17.7 Å². The maximum atomic E-state index is 12.6. The van der Waals surface area contributed by atoms with Gasteiger partial charge in [-0.2, -0.15) is 0 Å². The van der Waals surface area contributed by atoms with Gasteiger partial charge in [0.1, 0.15) is 21.9 Å². The predicted octanol–water partition coefficient (Wildman–Crippen LogP) is 5.80. The third-order valence-electron chi connectivity index (χ3n) is 4.49. The number of rotatable bonds is 7. The van der Waals surface area contributed by atoms with Crippen molar-refractivity contribution in [2.24, 2.45) is 0 Å². The lowest BCUT2D eigenvalue weighted by Gasteiger charge is -2.11. The first-order valence-corrected chi connectivity index (χ1v) is 11.4. The van der Waals surface area contributed by atoms with Crippen molar-refractivity contribution in [1.29, 1.82) is 0 Å². The number of para-hydroxylation sites is 2. The van der Waals surface area contributed by atoms with Crippen LogP contribution >= 0.6 is 23.1 Å². The van der Waals surface area contributed by atoms with Crippen LogP contribution in [-0.2, 0) is 4.79 Å². The molecule has 0 aliphatic rings. The Morgan fingerprint density at radius 3 is 2.67 bits per heavy atom. The van der Waals surface area contributed by atoms with E-state index >= 15 is 0 Å². The second kappa shape index (κ2) is 9.28. The third kappa shape index (κ3) is 4.32. The second-order valence-electron chi connectivity index (χ2n) is 6.52. The summed E-state index contributed by atoms with van der Waals surface area (Å²) in [6.45, 7) is 4.56. The number of aromatic nitrogens is 2. The van der Waals surface area contributed by atoms with Gasteiger partial charge in [0.25, 0.3) is 0 Å². The van der Waals surface area contributed by atoms with E-state index in [0.29, 0.717) is 18.0 Å². The molecule has 0 aliphatic carbocycles. The number of thiophene rings is 1. The minimum absolute atomic E-state index is 0.105. The number of thioether (sulfide) groups is 1. The fourth-order valence-electron chi connectivity index (χ4n) is 3.25. The Labute approximate surface area is 183 Å². The zero-order chi connectivity index (χ0) is 20.9. The van der Waals surface area contributed by atoms with Crippen molar-refractivity contribution < 1.29 is 9.53 Å². The highest BCUT2D eigenvalue weighted by Crippen LogP contribution is 2.41. The van der Waals surface area contributed by atoms with Crippen molar-refractivity contribution in [1.82, 2.24) is 9.97 Å². The van der Waals surface area contributed by atoms with E-state index in [-0.39, 0.29) is 11.7 Å². The van der Waals surface area contributed by atoms with Gasteiger partial charge in [-0.05, 0) is 31.5 Å². The van der Waals surface area contributed by atoms with Gasteiger partial charge in [-0.3, -0.25) is 4.79 Å². The molecule has 0 aliphatic heterocycles. The molecule has 0 saturated carbocycles. The van der Waals surface area contributed by atoms with Crippen LogP contribution in [0.3, 0.4) is 0 Å². The van der Waals surface area contributed by atoms with Crippen molar-refractivity contribution >= 4 is 44.9 Å². The lowest BCUT2D eigenvalue weighted by atomic mass is 10.0. The molecule has 0 atom stereocenters.